The summed E-state index contributed by atoms with van der Waals surface area (Å²) >= 11 is 3.57. The lowest BCUT2D eigenvalue weighted by Crippen LogP contribution is -2.64. The fourth-order valence-electron chi connectivity index (χ4n) is 10.7. The van der Waals surface area contributed by atoms with Gasteiger partial charge in [-0.3, -0.25) is 19.2 Å². The third-order valence-electron chi connectivity index (χ3n) is 14.7. The number of amides is 1. The highest BCUT2D eigenvalue weighted by Crippen LogP contribution is 2.40. The van der Waals surface area contributed by atoms with E-state index in [4.69, 9.17) is 28.4 Å². The normalized spacial score (nSPS) is 38.8. The molecule has 0 aromatic rings. The Balaban J connectivity index is 1.42. The molecule has 4 aliphatic heterocycles. The van der Waals surface area contributed by atoms with Gasteiger partial charge >= 0.3 is 11.9 Å². The first kappa shape index (κ1) is 55.4. The molecule has 0 aromatic heterocycles. The molecule has 4 heterocycles. The molecule has 2 N–H and O–H groups in total. The zero-order chi connectivity index (χ0) is 49.0. The van der Waals surface area contributed by atoms with Gasteiger partial charge in [-0.1, -0.05) is 44.6 Å². The summed E-state index contributed by atoms with van der Waals surface area (Å²) in [6.45, 7) is 13.8. The average Bonchev–Trinajstić information content (AvgIpc) is 3.73. The number of thioether (sulfide) groups is 2. The van der Waals surface area contributed by atoms with Crippen molar-refractivity contribution in [3.05, 3.63) is 36.0 Å². The van der Waals surface area contributed by atoms with Crippen LogP contribution in [0, 0.1) is 29.6 Å². The summed E-state index contributed by atoms with van der Waals surface area (Å²) < 4.78 is 35.6. The van der Waals surface area contributed by atoms with E-state index in [1.54, 1.807) is 38.8 Å². The third-order valence-corrected chi connectivity index (χ3v) is 17.5. The number of hydrogen-bond acceptors (Lipinski definition) is 15. The minimum atomic E-state index is -2.51. The summed E-state index contributed by atoms with van der Waals surface area (Å²) in [4.78, 5) is 70.4. The van der Waals surface area contributed by atoms with E-state index < -0.39 is 77.8 Å². The summed E-state index contributed by atoms with van der Waals surface area (Å²) in [5.41, 5.74) is 1.67. The first-order valence-corrected chi connectivity index (χ1v) is 26.7. The molecule has 5 aliphatic rings. The minimum Gasteiger partial charge on any atom is -0.465 e. The van der Waals surface area contributed by atoms with E-state index in [-0.39, 0.29) is 60.7 Å². The Morgan fingerprint density at radius 2 is 1.61 bits per heavy atom. The van der Waals surface area contributed by atoms with Crippen molar-refractivity contribution < 1.29 is 62.6 Å². The van der Waals surface area contributed by atoms with Gasteiger partial charge in [0, 0.05) is 63.7 Å². The molecule has 67 heavy (non-hydrogen) atoms. The molecule has 4 fully saturated rings. The van der Waals surface area contributed by atoms with E-state index in [1.165, 1.54) is 19.1 Å². The Labute approximate surface area is 407 Å². The number of hydrogen-bond donors (Lipinski definition) is 2. The van der Waals surface area contributed by atoms with Gasteiger partial charge in [0.25, 0.3) is 11.7 Å². The second kappa shape index (κ2) is 26.0. The second-order valence-electron chi connectivity index (χ2n) is 19.8. The van der Waals surface area contributed by atoms with Crippen molar-refractivity contribution in [1.82, 2.24) is 4.90 Å². The first-order chi connectivity index (χ1) is 31.9. The standard InChI is InChI=1S/C51H79NO13S2/c1-10-14-36-24-30(2)23-31(3)25-41(61-8)46-42(62-9)27-33(5)51(59,65-46)47(55)48(56)52-19-12-11-15-37(52)49(57)64-45(34(6)38(53)29-39(36)54)32(4)26-35-16-17-43(40(28-35)60-7)66-21-13-22-67-44-18-20-63-50(44)58/h10,24,26,31,33-38,40-46,53,59H,1,11-23,25,27-29H2,2-9H3/b30-24+,32-26+/t31-,33+,34+,35-,36+,37-,38-,40+,41-,42-,43?,44?,45+,46?,51+/m0/s1. The van der Waals surface area contributed by atoms with Gasteiger partial charge in [-0.25, -0.2) is 4.79 Å². The predicted molar refractivity (Wildman–Crippen MR) is 259 cm³/mol. The molecule has 0 aromatic carbocycles. The number of aliphatic hydroxyl groups excluding tert-OH is 1. The molecule has 0 radical (unpaired) electrons. The molecular weight excluding hydrogens is 899 g/mol. The number of fused-ring (bicyclic) bond motifs is 3. The van der Waals surface area contributed by atoms with Crippen molar-refractivity contribution in [2.45, 2.75) is 177 Å². The van der Waals surface area contributed by atoms with Crippen LogP contribution >= 0.6 is 23.5 Å². The third kappa shape index (κ3) is 14.3. The lowest BCUT2D eigenvalue weighted by Gasteiger charge is -2.47. The summed E-state index contributed by atoms with van der Waals surface area (Å²) in [5, 5.41) is 24.3. The number of nitrogens with zero attached hydrogens (tertiary/aromatic N) is 1. The molecule has 3 unspecified atom stereocenters. The number of rotatable bonds is 13. The zero-order valence-electron chi connectivity index (χ0n) is 41.2. The number of ether oxygens (including phenoxy) is 6. The molecule has 1 amide bonds. The van der Waals surface area contributed by atoms with Gasteiger partial charge in [-0.05, 0) is 113 Å². The van der Waals surface area contributed by atoms with Crippen LogP contribution in [0.5, 0.6) is 0 Å². The molecule has 378 valence electrons. The maximum Gasteiger partial charge on any atom is 0.329 e. The fraction of sp³-hybridized carbons (Fsp3) is 0.784. The molecule has 2 bridgehead atoms. The first-order valence-electron chi connectivity index (χ1n) is 24.6. The van der Waals surface area contributed by atoms with Crippen LogP contribution in [0.4, 0.5) is 0 Å². The van der Waals surface area contributed by atoms with Gasteiger partial charge in [-0.2, -0.15) is 11.8 Å². The number of cyclic esters (lactones) is 2. The highest BCUT2D eigenvalue weighted by Gasteiger charge is 2.56. The predicted octanol–water partition coefficient (Wildman–Crippen LogP) is 6.82. The quantitative estimate of drug-likeness (QED) is 0.0848. The lowest BCUT2D eigenvalue weighted by atomic mass is 9.82. The van der Waals surface area contributed by atoms with Crippen molar-refractivity contribution in [2.24, 2.45) is 29.6 Å². The number of aliphatic hydroxyl groups is 2. The maximum atomic E-state index is 14.5. The molecule has 16 heteroatoms. The number of methoxy groups -OCH3 is 3. The number of piperidine rings is 1. The van der Waals surface area contributed by atoms with Crippen molar-refractivity contribution in [2.75, 3.05) is 46.0 Å². The van der Waals surface area contributed by atoms with E-state index in [1.807, 2.05) is 38.6 Å². The van der Waals surface area contributed by atoms with Crippen molar-refractivity contribution in [1.29, 1.82) is 0 Å². The summed E-state index contributed by atoms with van der Waals surface area (Å²) in [5.74, 6) is -5.88. The summed E-state index contributed by atoms with van der Waals surface area (Å²) in [7, 11) is 4.80. The second-order valence-corrected chi connectivity index (χ2v) is 22.4. The van der Waals surface area contributed by atoms with Gasteiger partial charge < -0.3 is 43.5 Å². The van der Waals surface area contributed by atoms with Crippen LogP contribution < -0.4 is 0 Å². The van der Waals surface area contributed by atoms with Crippen molar-refractivity contribution >= 4 is 52.9 Å². The van der Waals surface area contributed by atoms with E-state index in [0.717, 1.165) is 49.2 Å². The molecule has 1 aliphatic carbocycles. The largest absolute Gasteiger partial charge is 0.465 e. The Morgan fingerprint density at radius 3 is 2.28 bits per heavy atom. The van der Waals surface area contributed by atoms with Crippen LogP contribution in [-0.2, 0) is 52.4 Å². The van der Waals surface area contributed by atoms with Gasteiger partial charge in [0.05, 0.1) is 31.0 Å². The number of carbonyl (C=O) groups is 5. The van der Waals surface area contributed by atoms with E-state index >= 15 is 0 Å². The van der Waals surface area contributed by atoms with Crippen LogP contribution in [0.15, 0.2) is 36.0 Å². The average molecular weight is 978 g/mol. The fourth-order valence-corrected chi connectivity index (χ4v) is 13.3. The van der Waals surface area contributed by atoms with Crippen LogP contribution in [0.25, 0.3) is 0 Å². The van der Waals surface area contributed by atoms with Crippen molar-refractivity contribution in [3.8, 4) is 0 Å². The van der Waals surface area contributed by atoms with Gasteiger partial charge in [-0.15, -0.1) is 18.3 Å². The maximum absolute atomic E-state index is 14.5. The number of Topliss-reactive ketones (excluding diaryl/α,β-unsaturated/α-hetero) is 2. The van der Waals surface area contributed by atoms with Gasteiger partial charge in [0.1, 0.15) is 29.3 Å². The monoisotopic (exact) mass is 977 g/mol. The number of carbonyl (C=O) groups excluding carboxylic acids is 5. The van der Waals surface area contributed by atoms with Crippen LogP contribution in [0.1, 0.15) is 118 Å². The highest BCUT2D eigenvalue weighted by atomic mass is 32.2. The molecule has 3 saturated heterocycles. The zero-order valence-corrected chi connectivity index (χ0v) is 42.8. The SMILES string of the molecule is C=CC[C@@H]1/C=C(\C)C[C@H](C)C[C@H](OC)C2O[C@@](O)(C(=O)C(=O)N3CCCC[C@H]3C(=O)O[C@H](/C(C)=C/[C@@H]3CCC(SCCCSC4CCOC4=O)[C@H](OC)C3)[C@H](C)[C@@H](O)CC1=O)[C@H](C)C[C@@H]2OC. The molecule has 15 atom stereocenters. The number of ketones is 2. The van der Waals surface area contributed by atoms with E-state index in [9.17, 15) is 34.2 Å². The summed E-state index contributed by atoms with van der Waals surface area (Å²) in [6, 6.07) is -1.14. The van der Waals surface area contributed by atoms with E-state index in [2.05, 4.69) is 12.7 Å². The van der Waals surface area contributed by atoms with Gasteiger partial charge in [0.2, 0.25) is 5.79 Å². The lowest BCUT2D eigenvalue weighted by molar-refractivity contribution is -0.302. The summed E-state index contributed by atoms with van der Waals surface area (Å²) in [6.07, 6.45) is 8.58. The molecule has 0 spiro atoms. The number of allylic oxidation sites excluding steroid dienone is 4. The van der Waals surface area contributed by atoms with Crippen LogP contribution in [0.2, 0.25) is 0 Å². The minimum absolute atomic E-state index is 0.00694. The Hall–Kier alpha value is -2.57. The molecule has 14 nitrogen and oxygen atoms in total. The van der Waals surface area contributed by atoms with Crippen molar-refractivity contribution in [3.63, 3.8) is 0 Å². The Kier molecular flexibility index (Phi) is 21.5. The molecule has 5 rings (SSSR count). The smallest absolute Gasteiger partial charge is 0.329 e. The Bertz CT molecular complexity index is 1770. The Morgan fingerprint density at radius 1 is 0.910 bits per heavy atom. The molecule has 1 saturated carbocycles. The topological polar surface area (TPSA) is 184 Å². The molecular formula is C51H79NO13S2. The van der Waals surface area contributed by atoms with Crippen LogP contribution in [-0.4, -0.2) is 149 Å². The van der Waals surface area contributed by atoms with E-state index in [0.29, 0.717) is 49.5 Å². The van der Waals surface area contributed by atoms with Crippen LogP contribution in [0.3, 0.4) is 0 Å². The number of esters is 2. The van der Waals surface area contributed by atoms with Gasteiger partial charge in [0.15, 0.2) is 0 Å². The highest BCUT2D eigenvalue weighted by molar-refractivity contribution is 8.01.